The van der Waals surface area contributed by atoms with Gasteiger partial charge in [0, 0.05) is 41.1 Å². The maximum absolute atomic E-state index is 13.5. The van der Waals surface area contributed by atoms with Crippen molar-refractivity contribution in [1.82, 2.24) is 9.78 Å². The van der Waals surface area contributed by atoms with Gasteiger partial charge < -0.3 is 0 Å². The molecule has 1 atom stereocenters. The van der Waals surface area contributed by atoms with E-state index in [2.05, 4.69) is 5.10 Å². The molecule has 0 saturated carbocycles. The van der Waals surface area contributed by atoms with Crippen LogP contribution in [-0.2, 0) is 22.6 Å². The highest BCUT2D eigenvalue weighted by atomic mass is 32.2. The van der Waals surface area contributed by atoms with Crippen LogP contribution < -0.4 is 5.56 Å². The number of halogens is 1. The molecule has 0 spiro atoms. The fourth-order valence-corrected chi connectivity index (χ4v) is 4.58. The Morgan fingerprint density at radius 1 is 1.06 bits per heavy atom. The van der Waals surface area contributed by atoms with Crippen LogP contribution in [0.1, 0.15) is 42.1 Å². The maximum Gasteiger partial charge on any atom is 0.266 e. The maximum atomic E-state index is 13.5. The summed E-state index contributed by atoms with van der Waals surface area (Å²) in [6.45, 7) is 3.49. The first-order chi connectivity index (χ1) is 14.7. The number of fused-ring (bicyclic) bond motifs is 3. The average molecular weight is 440 g/mol. The molecule has 8 heteroatoms. The number of hydrogen-bond donors (Lipinski definition) is 0. The lowest BCUT2D eigenvalue weighted by Gasteiger charge is -2.14. The van der Waals surface area contributed by atoms with Gasteiger partial charge in [0.2, 0.25) is 0 Å². The smallest absolute Gasteiger partial charge is 0.266 e. The second-order valence-electron chi connectivity index (χ2n) is 7.63. The molecule has 0 aliphatic carbocycles. The highest BCUT2D eigenvalue weighted by Crippen LogP contribution is 2.36. The third-order valence-corrected chi connectivity index (χ3v) is 7.09. The Balaban J connectivity index is 2.00. The molecule has 160 valence electrons. The summed E-state index contributed by atoms with van der Waals surface area (Å²) in [4.78, 5) is 17.1. The Morgan fingerprint density at radius 3 is 2.45 bits per heavy atom. The lowest BCUT2D eigenvalue weighted by atomic mass is 9.93. The van der Waals surface area contributed by atoms with Crippen molar-refractivity contribution in [2.24, 2.45) is 12.0 Å². The molecule has 0 radical (unpaired) electrons. The highest BCUT2D eigenvalue weighted by Gasteiger charge is 2.26. The van der Waals surface area contributed by atoms with Gasteiger partial charge in [-0.05, 0) is 42.8 Å². The minimum absolute atomic E-state index is 0.0484. The molecule has 1 aliphatic rings. The molecule has 1 unspecified atom stereocenters. The zero-order chi connectivity index (χ0) is 22.3. The summed E-state index contributed by atoms with van der Waals surface area (Å²) >= 11 is 0. The SMILES string of the molecule is CCS(=O)(=O)Cc1ccc2c(c1)-c1nn(C)c(=O)cc1C(C)N=C2c1ccc(F)cc1. The van der Waals surface area contributed by atoms with Gasteiger partial charge in [0.05, 0.1) is 23.2 Å². The summed E-state index contributed by atoms with van der Waals surface area (Å²) in [5.41, 5.74) is 4.44. The van der Waals surface area contributed by atoms with E-state index < -0.39 is 9.84 Å². The van der Waals surface area contributed by atoms with Crippen molar-refractivity contribution in [3.63, 3.8) is 0 Å². The number of nitrogens with zero attached hydrogens (tertiary/aromatic N) is 3. The first-order valence-corrected chi connectivity index (χ1v) is 11.8. The lowest BCUT2D eigenvalue weighted by Crippen LogP contribution is -2.21. The van der Waals surface area contributed by atoms with E-state index in [0.29, 0.717) is 28.1 Å². The third-order valence-electron chi connectivity index (χ3n) is 5.43. The predicted molar refractivity (Wildman–Crippen MR) is 119 cm³/mol. The van der Waals surface area contributed by atoms with Crippen LogP contribution >= 0.6 is 0 Å². The monoisotopic (exact) mass is 439 g/mol. The van der Waals surface area contributed by atoms with Crippen LogP contribution in [0, 0.1) is 5.82 Å². The summed E-state index contributed by atoms with van der Waals surface area (Å²) < 4.78 is 39.2. The van der Waals surface area contributed by atoms with Crippen molar-refractivity contribution in [2.75, 3.05) is 5.75 Å². The molecular weight excluding hydrogens is 417 g/mol. The van der Waals surface area contributed by atoms with Crippen molar-refractivity contribution < 1.29 is 12.8 Å². The number of aromatic nitrogens is 2. The van der Waals surface area contributed by atoms with Gasteiger partial charge >= 0.3 is 0 Å². The molecule has 0 N–H and O–H groups in total. The van der Waals surface area contributed by atoms with E-state index in [1.54, 1.807) is 38.2 Å². The fourth-order valence-electron chi connectivity index (χ4n) is 3.69. The molecule has 1 aliphatic heterocycles. The third kappa shape index (κ3) is 4.07. The molecule has 2 aromatic carbocycles. The van der Waals surface area contributed by atoms with Crippen LogP contribution in [0.3, 0.4) is 0 Å². The quantitative estimate of drug-likeness (QED) is 0.624. The van der Waals surface area contributed by atoms with E-state index in [-0.39, 0.29) is 28.9 Å². The van der Waals surface area contributed by atoms with Crippen LogP contribution in [0.5, 0.6) is 0 Å². The number of sulfone groups is 1. The molecule has 2 heterocycles. The van der Waals surface area contributed by atoms with Gasteiger partial charge in [-0.25, -0.2) is 17.5 Å². The van der Waals surface area contributed by atoms with Crippen molar-refractivity contribution in [2.45, 2.75) is 25.6 Å². The zero-order valence-electron chi connectivity index (χ0n) is 17.5. The molecule has 0 bridgehead atoms. The predicted octanol–water partition coefficient (Wildman–Crippen LogP) is 3.43. The van der Waals surface area contributed by atoms with E-state index in [4.69, 9.17) is 4.99 Å². The van der Waals surface area contributed by atoms with Crippen molar-refractivity contribution >= 4 is 15.5 Å². The second-order valence-corrected chi connectivity index (χ2v) is 9.98. The number of hydrogen-bond acceptors (Lipinski definition) is 5. The van der Waals surface area contributed by atoms with Gasteiger partial charge in [-0.3, -0.25) is 9.79 Å². The number of rotatable bonds is 4. The van der Waals surface area contributed by atoms with Gasteiger partial charge in [-0.1, -0.05) is 19.1 Å². The highest BCUT2D eigenvalue weighted by molar-refractivity contribution is 7.90. The Labute approximate surface area is 180 Å². The van der Waals surface area contributed by atoms with Crippen LogP contribution in [0.2, 0.25) is 0 Å². The van der Waals surface area contributed by atoms with Gasteiger partial charge in [0.15, 0.2) is 9.84 Å². The van der Waals surface area contributed by atoms with Crippen LogP contribution in [0.15, 0.2) is 58.3 Å². The van der Waals surface area contributed by atoms with Crippen molar-refractivity contribution in [1.29, 1.82) is 0 Å². The van der Waals surface area contributed by atoms with E-state index >= 15 is 0 Å². The lowest BCUT2D eigenvalue weighted by molar-refractivity contribution is 0.596. The topological polar surface area (TPSA) is 81.4 Å². The largest absolute Gasteiger partial charge is 0.276 e. The molecule has 0 fully saturated rings. The molecule has 0 amide bonds. The summed E-state index contributed by atoms with van der Waals surface area (Å²) in [6, 6.07) is 12.6. The summed E-state index contributed by atoms with van der Waals surface area (Å²) in [6.07, 6.45) is 0. The first kappa shape index (κ1) is 21.1. The van der Waals surface area contributed by atoms with Crippen molar-refractivity contribution in [3.8, 4) is 11.3 Å². The van der Waals surface area contributed by atoms with Gasteiger partial charge in [-0.15, -0.1) is 0 Å². The van der Waals surface area contributed by atoms with Crippen LogP contribution in [0.4, 0.5) is 4.39 Å². The molecule has 6 nitrogen and oxygen atoms in total. The van der Waals surface area contributed by atoms with Gasteiger partial charge in [0.25, 0.3) is 5.56 Å². The normalized spacial score (nSPS) is 15.6. The van der Waals surface area contributed by atoms with Crippen molar-refractivity contribution in [3.05, 3.63) is 87.0 Å². The molecule has 3 aromatic rings. The summed E-state index contributed by atoms with van der Waals surface area (Å²) in [7, 11) is -1.65. The molecule has 0 saturated heterocycles. The molecule has 4 rings (SSSR count). The van der Waals surface area contributed by atoms with E-state index in [9.17, 15) is 17.6 Å². The minimum atomic E-state index is -3.23. The zero-order valence-corrected chi connectivity index (χ0v) is 18.3. The second kappa shape index (κ2) is 7.85. The molecule has 1 aromatic heterocycles. The van der Waals surface area contributed by atoms with Crippen LogP contribution in [-0.4, -0.2) is 29.7 Å². The Kier molecular flexibility index (Phi) is 5.35. The van der Waals surface area contributed by atoms with E-state index in [0.717, 1.165) is 11.1 Å². The van der Waals surface area contributed by atoms with Crippen LogP contribution in [0.25, 0.3) is 11.3 Å². The Bertz CT molecular complexity index is 1360. The molecule has 31 heavy (non-hydrogen) atoms. The molecular formula is C23H22FN3O3S. The first-order valence-electron chi connectivity index (χ1n) is 9.94. The van der Waals surface area contributed by atoms with Gasteiger partial charge in [-0.2, -0.15) is 5.10 Å². The average Bonchev–Trinajstić information content (AvgIpc) is 2.84. The number of aryl methyl sites for hydroxylation is 1. The summed E-state index contributed by atoms with van der Waals surface area (Å²) in [5.74, 6) is -0.386. The Morgan fingerprint density at radius 2 is 1.77 bits per heavy atom. The Hall–Kier alpha value is -3.13. The van der Waals surface area contributed by atoms with E-state index in [1.807, 2.05) is 13.0 Å². The van der Waals surface area contributed by atoms with E-state index in [1.165, 1.54) is 22.9 Å². The standard InChI is InChI=1S/C23H22FN3O3S/c1-4-31(29,30)13-15-5-10-18-20(11-15)23-19(12-21(28)27(3)26-23)14(2)25-22(18)16-6-8-17(24)9-7-16/h5-12,14H,4,13H2,1-3H3. The number of aliphatic imine (C=N–C) groups is 1. The minimum Gasteiger partial charge on any atom is -0.276 e. The summed E-state index contributed by atoms with van der Waals surface area (Å²) in [5, 5.41) is 4.49. The number of benzene rings is 2. The fraction of sp³-hybridized carbons (Fsp3) is 0.261. The van der Waals surface area contributed by atoms with Gasteiger partial charge in [0.1, 0.15) is 5.82 Å².